The van der Waals surface area contributed by atoms with Gasteiger partial charge in [-0.3, -0.25) is 4.79 Å². The quantitative estimate of drug-likeness (QED) is 0.676. The van der Waals surface area contributed by atoms with Crippen LogP contribution >= 0.6 is 11.6 Å². The van der Waals surface area contributed by atoms with Gasteiger partial charge in [0.25, 0.3) is 0 Å². The smallest absolute Gasteiger partial charge is 0.225 e. The lowest BCUT2D eigenvalue weighted by Crippen LogP contribution is -2.23. The highest BCUT2D eigenvalue weighted by atomic mass is 35.5. The molecule has 1 amide bonds. The average Bonchev–Trinajstić information content (AvgIpc) is 2.54. The van der Waals surface area contributed by atoms with Gasteiger partial charge in [-0.1, -0.05) is 60.1 Å². The van der Waals surface area contributed by atoms with Gasteiger partial charge >= 0.3 is 0 Å². The monoisotopic (exact) mass is 307 g/mol. The van der Waals surface area contributed by atoms with E-state index in [0.717, 1.165) is 27.6 Å². The molecule has 1 N–H and O–H groups in total. The number of hydrogen-bond acceptors (Lipinski definition) is 1. The van der Waals surface area contributed by atoms with E-state index >= 15 is 0 Å². The maximum atomic E-state index is 12.2. The van der Waals surface area contributed by atoms with Crippen LogP contribution in [-0.2, 0) is 4.79 Å². The van der Waals surface area contributed by atoms with Crippen LogP contribution in [0, 0.1) is 0 Å². The van der Waals surface area contributed by atoms with Gasteiger partial charge < -0.3 is 5.32 Å². The van der Waals surface area contributed by atoms with Crippen molar-refractivity contribution in [3.05, 3.63) is 76.8 Å². The summed E-state index contributed by atoms with van der Waals surface area (Å²) in [6, 6.07) is 20.1. The SMILES string of the molecule is O=C1CC(c2cccc(Cl)c2)c2ccc3ccccc3c2N1. The topological polar surface area (TPSA) is 29.1 Å². The summed E-state index contributed by atoms with van der Waals surface area (Å²) in [7, 11) is 0. The summed E-state index contributed by atoms with van der Waals surface area (Å²) in [5.41, 5.74) is 3.17. The molecule has 0 bridgehead atoms. The number of amides is 1. The molecule has 0 radical (unpaired) electrons. The first-order chi connectivity index (χ1) is 10.7. The maximum Gasteiger partial charge on any atom is 0.225 e. The van der Waals surface area contributed by atoms with Gasteiger partial charge in [-0.15, -0.1) is 0 Å². The van der Waals surface area contributed by atoms with Crippen molar-refractivity contribution < 1.29 is 4.79 Å². The van der Waals surface area contributed by atoms with E-state index in [9.17, 15) is 4.79 Å². The summed E-state index contributed by atoms with van der Waals surface area (Å²) in [4.78, 5) is 12.2. The fourth-order valence-electron chi connectivity index (χ4n) is 3.22. The van der Waals surface area contributed by atoms with Crippen molar-refractivity contribution in [2.75, 3.05) is 5.32 Å². The Morgan fingerprint density at radius 3 is 2.73 bits per heavy atom. The molecule has 1 unspecified atom stereocenters. The number of hydrogen-bond donors (Lipinski definition) is 1. The summed E-state index contributed by atoms with van der Waals surface area (Å²) in [5.74, 6) is 0.0980. The normalized spacial score (nSPS) is 17.1. The van der Waals surface area contributed by atoms with E-state index < -0.39 is 0 Å². The molecule has 3 aromatic carbocycles. The molecule has 2 nitrogen and oxygen atoms in total. The van der Waals surface area contributed by atoms with Crippen LogP contribution in [-0.4, -0.2) is 5.91 Å². The Morgan fingerprint density at radius 1 is 1.00 bits per heavy atom. The third kappa shape index (κ3) is 2.16. The van der Waals surface area contributed by atoms with Gasteiger partial charge in [0.05, 0.1) is 5.69 Å². The average molecular weight is 308 g/mol. The van der Waals surface area contributed by atoms with Crippen molar-refractivity contribution in [3.63, 3.8) is 0 Å². The van der Waals surface area contributed by atoms with Crippen molar-refractivity contribution >= 4 is 34.0 Å². The third-order valence-electron chi connectivity index (χ3n) is 4.24. The van der Waals surface area contributed by atoms with E-state index in [1.54, 1.807) is 0 Å². The molecule has 22 heavy (non-hydrogen) atoms. The molecular formula is C19H14ClNO. The molecule has 3 aromatic rings. The molecule has 1 aliphatic heterocycles. The van der Waals surface area contributed by atoms with Crippen molar-refractivity contribution in [1.29, 1.82) is 0 Å². The first-order valence-electron chi connectivity index (χ1n) is 7.29. The minimum atomic E-state index is 0.0482. The summed E-state index contributed by atoms with van der Waals surface area (Å²) in [6.45, 7) is 0. The molecule has 108 valence electrons. The van der Waals surface area contributed by atoms with E-state index in [2.05, 4.69) is 29.6 Å². The molecule has 0 aliphatic carbocycles. The molecule has 3 heteroatoms. The zero-order valence-corrected chi connectivity index (χ0v) is 12.6. The minimum Gasteiger partial charge on any atom is -0.325 e. The largest absolute Gasteiger partial charge is 0.325 e. The number of halogens is 1. The lowest BCUT2D eigenvalue weighted by Gasteiger charge is -2.27. The van der Waals surface area contributed by atoms with Crippen molar-refractivity contribution in [2.45, 2.75) is 12.3 Å². The predicted molar refractivity (Wildman–Crippen MR) is 90.5 cm³/mol. The second-order valence-electron chi connectivity index (χ2n) is 5.61. The Morgan fingerprint density at radius 2 is 1.86 bits per heavy atom. The van der Waals surface area contributed by atoms with Crippen molar-refractivity contribution in [2.24, 2.45) is 0 Å². The Hall–Kier alpha value is -2.32. The molecule has 0 aromatic heterocycles. The van der Waals surface area contributed by atoms with Crippen molar-refractivity contribution in [3.8, 4) is 0 Å². The Balaban J connectivity index is 1.94. The number of benzene rings is 3. The first kappa shape index (κ1) is 13.4. The fourth-order valence-corrected chi connectivity index (χ4v) is 3.42. The minimum absolute atomic E-state index is 0.0482. The fraction of sp³-hybridized carbons (Fsp3) is 0.105. The van der Waals surface area contributed by atoms with Gasteiger partial charge in [-0.2, -0.15) is 0 Å². The number of rotatable bonds is 1. The van der Waals surface area contributed by atoms with Crippen LogP contribution < -0.4 is 5.32 Å². The predicted octanol–water partition coefficient (Wildman–Crippen LogP) is 4.97. The highest BCUT2D eigenvalue weighted by molar-refractivity contribution is 6.30. The molecule has 4 rings (SSSR count). The van der Waals surface area contributed by atoms with Crippen LogP contribution in [0.4, 0.5) is 5.69 Å². The lowest BCUT2D eigenvalue weighted by molar-refractivity contribution is -0.116. The van der Waals surface area contributed by atoms with E-state index in [-0.39, 0.29) is 11.8 Å². The molecule has 0 spiro atoms. The highest BCUT2D eigenvalue weighted by Crippen LogP contribution is 2.41. The van der Waals surface area contributed by atoms with Crippen LogP contribution in [0.25, 0.3) is 10.8 Å². The van der Waals surface area contributed by atoms with E-state index in [1.165, 1.54) is 0 Å². The molecule has 0 saturated heterocycles. The molecule has 1 heterocycles. The van der Waals surface area contributed by atoms with E-state index in [0.29, 0.717) is 11.4 Å². The number of fused-ring (bicyclic) bond motifs is 3. The lowest BCUT2D eigenvalue weighted by atomic mass is 9.83. The zero-order chi connectivity index (χ0) is 15.1. The standard InChI is InChI=1S/C19H14ClNO/c20-14-6-3-5-13(10-14)17-11-18(22)21-19-15-7-2-1-4-12(15)8-9-16(17)19/h1-10,17H,11H2,(H,21,22). The number of nitrogens with one attached hydrogen (secondary N) is 1. The van der Waals surface area contributed by atoms with E-state index in [4.69, 9.17) is 11.6 Å². The van der Waals surface area contributed by atoms with Gasteiger partial charge in [0.2, 0.25) is 5.91 Å². The summed E-state index contributed by atoms with van der Waals surface area (Å²) < 4.78 is 0. The zero-order valence-electron chi connectivity index (χ0n) is 11.8. The van der Waals surface area contributed by atoms with Gasteiger partial charge in [-0.05, 0) is 28.6 Å². The first-order valence-corrected chi connectivity index (χ1v) is 7.67. The summed E-state index contributed by atoms with van der Waals surface area (Å²) in [6.07, 6.45) is 0.450. The van der Waals surface area contributed by atoms with Gasteiger partial charge in [-0.25, -0.2) is 0 Å². The Labute approximate surface area is 133 Å². The molecule has 1 aliphatic rings. The van der Waals surface area contributed by atoms with Crippen LogP contribution in [0.15, 0.2) is 60.7 Å². The van der Waals surface area contributed by atoms with Crippen LogP contribution in [0.3, 0.4) is 0 Å². The van der Waals surface area contributed by atoms with E-state index in [1.807, 2.05) is 36.4 Å². The summed E-state index contributed by atoms with van der Waals surface area (Å²) in [5, 5.41) is 5.96. The number of carbonyl (C=O) groups is 1. The van der Waals surface area contributed by atoms with Crippen molar-refractivity contribution in [1.82, 2.24) is 0 Å². The van der Waals surface area contributed by atoms with Crippen LogP contribution in [0.2, 0.25) is 5.02 Å². The number of carbonyl (C=O) groups excluding carboxylic acids is 1. The molecule has 1 atom stereocenters. The highest BCUT2D eigenvalue weighted by Gasteiger charge is 2.27. The maximum absolute atomic E-state index is 12.2. The Kier molecular flexibility index (Phi) is 3.12. The molecule has 0 saturated carbocycles. The summed E-state index contributed by atoms with van der Waals surface area (Å²) >= 11 is 6.12. The van der Waals surface area contributed by atoms with Gasteiger partial charge in [0, 0.05) is 22.7 Å². The van der Waals surface area contributed by atoms with Crippen LogP contribution in [0.1, 0.15) is 23.5 Å². The Bertz CT molecular complexity index is 887. The molecular weight excluding hydrogens is 294 g/mol. The second kappa shape index (κ2) is 5.15. The van der Waals surface area contributed by atoms with Gasteiger partial charge in [0.15, 0.2) is 0 Å². The van der Waals surface area contributed by atoms with Crippen LogP contribution in [0.5, 0.6) is 0 Å². The third-order valence-corrected chi connectivity index (χ3v) is 4.48. The molecule has 0 fully saturated rings. The number of anilines is 1. The second-order valence-corrected chi connectivity index (χ2v) is 6.05. The van der Waals surface area contributed by atoms with Gasteiger partial charge in [0.1, 0.15) is 0 Å².